The monoisotopic (exact) mass is 313 g/mol. The molecule has 0 saturated carbocycles. The number of imidazole rings is 1. The third kappa shape index (κ3) is 3.66. The first-order valence-corrected chi connectivity index (χ1v) is 9.46. The Kier molecular flexibility index (Phi) is 5.09. The number of aromatic nitrogens is 2. The van der Waals surface area contributed by atoms with Gasteiger partial charge in [-0.15, -0.1) is 0 Å². The standard InChI is InChI=1S/C15H27N3O2S/c1-5-8-21(19,20)17-7-6-14(11-17)9-15-16-10-13(4)18(15)12(2)3/h10,12,14H,5-9,11H2,1-4H3. The second-order valence-corrected chi connectivity index (χ2v) is 8.40. The van der Waals surface area contributed by atoms with E-state index in [-0.39, 0.29) is 5.75 Å². The summed E-state index contributed by atoms with van der Waals surface area (Å²) in [4.78, 5) is 4.52. The molecular weight excluding hydrogens is 286 g/mol. The van der Waals surface area contributed by atoms with Gasteiger partial charge in [0.25, 0.3) is 0 Å². The molecule has 5 nitrogen and oxygen atoms in total. The second-order valence-electron chi connectivity index (χ2n) is 6.31. The lowest BCUT2D eigenvalue weighted by Crippen LogP contribution is -2.31. The fraction of sp³-hybridized carbons (Fsp3) is 0.800. The minimum atomic E-state index is -3.05. The van der Waals surface area contributed by atoms with Crippen molar-refractivity contribution in [2.24, 2.45) is 5.92 Å². The van der Waals surface area contributed by atoms with Crippen LogP contribution in [0.5, 0.6) is 0 Å². The summed E-state index contributed by atoms with van der Waals surface area (Å²) in [5.41, 5.74) is 1.17. The SMILES string of the molecule is CCCS(=O)(=O)N1CCC(Cc2ncc(C)n2C(C)C)C1. The maximum atomic E-state index is 12.1. The summed E-state index contributed by atoms with van der Waals surface area (Å²) in [7, 11) is -3.05. The van der Waals surface area contributed by atoms with E-state index in [1.54, 1.807) is 4.31 Å². The molecule has 1 aliphatic rings. The molecule has 0 N–H and O–H groups in total. The Morgan fingerprint density at radius 1 is 1.43 bits per heavy atom. The quantitative estimate of drug-likeness (QED) is 0.810. The van der Waals surface area contributed by atoms with E-state index in [2.05, 4.69) is 30.3 Å². The smallest absolute Gasteiger partial charge is 0.214 e. The van der Waals surface area contributed by atoms with Crippen LogP contribution in [0.25, 0.3) is 0 Å². The van der Waals surface area contributed by atoms with E-state index in [9.17, 15) is 8.42 Å². The van der Waals surface area contributed by atoms with Crippen molar-refractivity contribution in [2.45, 2.75) is 53.0 Å². The first kappa shape index (κ1) is 16.5. The molecule has 1 aliphatic heterocycles. The highest BCUT2D eigenvalue weighted by molar-refractivity contribution is 7.89. The number of aryl methyl sites for hydroxylation is 1. The molecule has 2 rings (SSSR count). The molecule has 0 radical (unpaired) electrons. The van der Waals surface area contributed by atoms with Gasteiger partial charge >= 0.3 is 0 Å². The van der Waals surface area contributed by atoms with E-state index in [4.69, 9.17) is 0 Å². The predicted octanol–water partition coefficient (Wildman–Crippen LogP) is 2.38. The van der Waals surface area contributed by atoms with Gasteiger partial charge in [-0.25, -0.2) is 17.7 Å². The van der Waals surface area contributed by atoms with Crippen molar-refractivity contribution in [3.63, 3.8) is 0 Å². The van der Waals surface area contributed by atoms with Crippen LogP contribution in [0.1, 0.15) is 51.2 Å². The van der Waals surface area contributed by atoms with Gasteiger partial charge in [-0.05, 0) is 39.5 Å². The third-order valence-corrected chi connectivity index (χ3v) is 6.19. The zero-order valence-corrected chi connectivity index (χ0v) is 14.4. The van der Waals surface area contributed by atoms with Crippen LogP contribution in [0.2, 0.25) is 0 Å². The van der Waals surface area contributed by atoms with E-state index in [0.717, 1.165) is 18.7 Å². The van der Waals surface area contributed by atoms with E-state index in [1.165, 1.54) is 5.69 Å². The van der Waals surface area contributed by atoms with Crippen LogP contribution >= 0.6 is 0 Å². The fourth-order valence-corrected chi connectivity index (χ4v) is 4.81. The van der Waals surface area contributed by atoms with Gasteiger partial charge < -0.3 is 4.57 Å². The average molecular weight is 313 g/mol. The molecule has 6 heteroatoms. The van der Waals surface area contributed by atoms with Crippen molar-refractivity contribution in [3.05, 3.63) is 17.7 Å². The second kappa shape index (κ2) is 6.48. The summed E-state index contributed by atoms with van der Waals surface area (Å²) in [5.74, 6) is 1.73. The molecule has 1 aromatic rings. The van der Waals surface area contributed by atoms with E-state index < -0.39 is 10.0 Å². The van der Waals surface area contributed by atoms with Crippen LogP contribution < -0.4 is 0 Å². The van der Waals surface area contributed by atoms with Gasteiger partial charge in [0.15, 0.2) is 0 Å². The molecule has 1 unspecified atom stereocenters. The van der Waals surface area contributed by atoms with Crippen LogP contribution in [0.15, 0.2) is 6.20 Å². The van der Waals surface area contributed by atoms with Gasteiger partial charge in [-0.3, -0.25) is 0 Å². The molecule has 120 valence electrons. The van der Waals surface area contributed by atoms with Crippen molar-refractivity contribution >= 4 is 10.0 Å². The minimum absolute atomic E-state index is 0.263. The molecule has 0 bridgehead atoms. The van der Waals surface area contributed by atoms with Crippen LogP contribution in [0.3, 0.4) is 0 Å². The van der Waals surface area contributed by atoms with Crippen molar-refractivity contribution in [1.29, 1.82) is 0 Å². The van der Waals surface area contributed by atoms with Crippen LogP contribution in [-0.2, 0) is 16.4 Å². The Hall–Kier alpha value is -0.880. The Bertz CT molecular complexity index is 578. The molecule has 1 aromatic heterocycles. The number of nitrogens with zero attached hydrogens (tertiary/aromatic N) is 3. The highest BCUT2D eigenvalue weighted by Crippen LogP contribution is 2.25. The Labute approximate surface area is 128 Å². The third-order valence-electron chi connectivity index (χ3n) is 4.15. The highest BCUT2D eigenvalue weighted by atomic mass is 32.2. The zero-order chi connectivity index (χ0) is 15.6. The Balaban J connectivity index is 2.04. The lowest BCUT2D eigenvalue weighted by molar-refractivity contribution is 0.445. The van der Waals surface area contributed by atoms with Gasteiger partial charge in [-0.2, -0.15) is 0 Å². The fourth-order valence-electron chi connectivity index (χ4n) is 3.21. The summed E-state index contributed by atoms with van der Waals surface area (Å²) in [6, 6.07) is 0.392. The normalized spacial score (nSPS) is 20.5. The van der Waals surface area contributed by atoms with Crippen LogP contribution in [-0.4, -0.2) is 41.1 Å². The molecule has 1 atom stereocenters. The largest absolute Gasteiger partial charge is 0.330 e. The van der Waals surface area contributed by atoms with Crippen LogP contribution in [0.4, 0.5) is 0 Å². The lowest BCUT2D eigenvalue weighted by atomic mass is 10.0. The van der Waals surface area contributed by atoms with Crippen molar-refractivity contribution < 1.29 is 8.42 Å². The number of rotatable bonds is 6. The van der Waals surface area contributed by atoms with Crippen LogP contribution in [0, 0.1) is 12.8 Å². The summed E-state index contributed by atoms with van der Waals surface area (Å²) in [6.45, 7) is 9.60. The number of hydrogen-bond acceptors (Lipinski definition) is 3. The maximum absolute atomic E-state index is 12.1. The molecular formula is C15H27N3O2S. The van der Waals surface area contributed by atoms with Gasteiger partial charge in [-0.1, -0.05) is 6.92 Å². The number of hydrogen-bond donors (Lipinski definition) is 0. The lowest BCUT2D eigenvalue weighted by Gasteiger charge is -2.18. The topological polar surface area (TPSA) is 55.2 Å². The maximum Gasteiger partial charge on any atom is 0.214 e. The molecule has 0 spiro atoms. The first-order valence-electron chi connectivity index (χ1n) is 7.85. The first-order chi connectivity index (χ1) is 9.85. The van der Waals surface area contributed by atoms with Crippen molar-refractivity contribution in [2.75, 3.05) is 18.8 Å². The van der Waals surface area contributed by atoms with Gasteiger partial charge in [0.2, 0.25) is 10.0 Å². The predicted molar refractivity (Wildman–Crippen MR) is 84.8 cm³/mol. The van der Waals surface area contributed by atoms with E-state index >= 15 is 0 Å². The summed E-state index contributed by atoms with van der Waals surface area (Å²) in [5, 5.41) is 0. The molecule has 0 amide bonds. The van der Waals surface area contributed by atoms with Gasteiger partial charge in [0.1, 0.15) is 5.82 Å². The highest BCUT2D eigenvalue weighted by Gasteiger charge is 2.31. The molecule has 1 fully saturated rings. The number of sulfonamides is 1. The summed E-state index contributed by atoms with van der Waals surface area (Å²) in [6.07, 6.45) is 4.40. The zero-order valence-electron chi connectivity index (χ0n) is 13.5. The average Bonchev–Trinajstić information content (AvgIpc) is 2.97. The molecule has 21 heavy (non-hydrogen) atoms. The molecule has 1 saturated heterocycles. The molecule has 2 heterocycles. The minimum Gasteiger partial charge on any atom is -0.330 e. The van der Waals surface area contributed by atoms with Crippen molar-refractivity contribution in [3.8, 4) is 0 Å². The van der Waals surface area contributed by atoms with E-state index in [1.807, 2.05) is 13.1 Å². The summed E-state index contributed by atoms with van der Waals surface area (Å²) < 4.78 is 28.1. The Morgan fingerprint density at radius 3 is 2.76 bits per heavy atom. The van der Waals surface area contributed by atoms with Gasteiger partial charge in [0.05, 0.1) is 5.75 Å². The van der Waals surface area contributed by atoms with E-state index in [0.29, 0.717) is 31.5 Å². The van der Waals surface area contributed by atoms with Crippen molar-refractivity contribution in [1.82, 2.24) is 13.9 Å². The van der Waals surface area contributed by atoms with Gasteiger partial charge in [0, 0.05) is 37.4 Å². The molecule has 0 aromatic carbocycles. The molecule has 0 aliphatic carbocycles. The Morgan fingerprint density at radius 2 is 2.14 bits per heavy atom. The summed E-state index contributed by atoms with van der Waals surface area (Å²) >= 11 is 0.